The summed E-state index contributed by atoms with van der Waals surface area (Å²) in [5, 5.41) is 10.2. The van der Waals surface area contributed by atoms with Gasteiger partial charge in [-0.3, -0.25) is 0 Å². The molecule has 1 rings (SSSR count). The van der Waals surface area contributed by atoms with Gasteiger partial charge in [0.2, 0.25) is 0 Å². The van der Waals surface area contributed by atoms with Gasteiger partial charge in [0.25, 0.3) is 0 Å². The summed E-state index contributed by atoms with van der Waals surface area (Å²) in [5.41, 5.74) is 0. The minimum Gasteiger partial charge on any atom is -0.550 e. The van der Waals surface area contributed by atoms with Crippen molar-refractivity contribution in [1.29, 1.82) is 0 Å². The molecule has 0 spiro atoms. The van der Waals surface area contributed by atoms with E-state index in [2.05, 4.69) is 0 Å². The van der Waals surface area contributed by atoms with Gasteiger partial charge in [0.1, 0.15) is 0 Å². The van der Waals surface area contributed by atoms with Crippen LogP contribution in [0.1, 0.15) is 25.7 Å². The molecule has 0 saturated heterocycles. The Bertz CT molecular complexity index is 140. The molecule has 0 aromatic carbocycles. The van der Waals surface area contributed by atoms with Crippen LogP contribution in [0.3, 0.4) is 0 Å². The largest absolute Gasteiger partial charge is 1.00 e. The van der Waals surface area contributed by atoms with Crippen LogP contribution in [0.5, 0.6) is 0 Å². The van der Waals surface area contributed by atoms with Gasteiger partial charge in [-0.05, 0) is 12.8 Å². The van der Waals surface area contributed by atoms with Crippen molar-refractivity contribution in [3.05, 3.63) is 0 Å². The van der Waals surface area contributed by atoms with Gasteiger partial charge in [0.05, 0.1) is 0 Å². The molecule has 1 aliphatic rings. The molecule has 0 amide bonds. The molecular formula is C7H10ClO2Tl. The molecule has 1 aliphatic carbocycles. The maximum absolute atomic E-state index is 10.4. The third-order valence-electron chi connectivity index (χ3n) is 1.98. The van der Waals surface area contributed by atoms with E-state index in [-0.39, 0.29) is 32.7 Å². The third kappa shape index (κ3) is 3.27. The fourth-order valence-corrected chi connectivity index (χ4v) is 1.73. The smallest absolute Gasteiger partial charge is 0.550 e. The van der Waals surface area contributed by atoms with Crippen molar-refractivity contribution in [3.8, 4) is 0 Å². The Kier molecular flexibility index (Phi) is 5.68. The fourth-order valence-electron chi connectivity index (χ4n) is 1.35. The van der Waals surface area contributed by atoms with Crippen molar-refractivity contribution in [2.75, 3.05) is 0 Å². The van der Waals surface area contributed by atoms with Gasteiger partial charge in [0, 0.05) is 17.3 Å². The maximum Gasteiger partial charge on any atom is 1.00 e. The second-order valence-corrected chi connectivity index (χ2v) is 3.29. The first-order chi connectivity index (χ1) is 4.72. The Morgan fingerprint density at radius 1 is 1.36 bits per heavy atom. The second-order valence-electron chi connectivity index (χ2n) is 2.73. The van der Waals surface area contributed by atoms with Crippen LogP contribution in [0.15, 0.2) is 0 Å². The van der Waals surface area contributed by atoms with Crippen LogP contribution >= 0.6 is 11.6 Å². The zero-order valence-electron chi connectivity index (χ0n) is 6.25. The summed E-state index contributed by atoms with van der Waals surface area (Å²) in [6, 6.07) is 0. The predicted molar refractivity (Wildman–Crippen MR) is 42.4 cm³/mol. The molecule has 4 heteroatoms. The van der Waals surface area contributed by atoms with E-state index < -0.39 is 11.9 Å². The number of hydrogen-bond donors (Lipinski definition) is 0. The number of hydrogen-bond acceptors (Lipinski definition) is 2. The van der Waals surface area contributed by atoms with E-state index in [1.807, 2.05) is 0 Å². The van der Waals surface area contributed by atoms with Gasteiger partial charge in [-0.25, -0.2) is 0 Å². The van der Waals surface area contributed by atoms with Crippen LogP contribution in [-0.4, -0.2) is 38.6 Å². The standard InChI is InChI=1S/C7H11ClO2.Tl/c8-6-4-2-1-3-5(6)7(9)10;/h5-6H,1-4H2,(H,9,10);/q;+1/p-1. The van der Waals surface area contributed by atoms with Crippen molar-refractivity contribution >= 4 is 44.9 Å². The molecule has 60 valence electrons. The van der Waals surface area contributed by atoms with Crippen molar-refractivity contribution in [1.82, 2.24) is 0 Å². The summed E-state index contributed by atoms with van der Waals surface area (Å²) < 4.78 is 0. The Hall–Kier alpha value is 0.682. The second kappa shape index (κ2) is 5.35. The molecule has 2 unspecified atom stereocenters. The number of rotatable bonds is 1. The van der Waals surface area contributed by atoms with Crippen molar-refractivity contribution in [3.63, 3.8) is 0 Å². The summed E-state index contributed by atoms with van der Waals surface area (Å²) in [4.78, 5) is 10.4. The monoisotopic (exact) mass is 366 g/mol. The molecule has 0 bridgehead atoms. The zero-order valence-corrected chi connectivity index (χ0v) is 11.5. The molecule has 0 N–H and O–H groups in total. The van der Waals surface area contributed by atoms with Gasteiger partial charge in [-0.1, -0.05) is 12.8 Å². The van der Waals surface area contributed by atoms with E-state index in [4.69, 9.17) is 11.6 Å². The number of carboxylic acids is 1. The Morgan fingerprint density at radius 2 is 1.91 bits per heavy atom. The summed E-state index contributed by atoms with van der Waals surface area (Å²) >= 11 is 5.76. The van der Waals surface area contributed by atoms with Crippen molar-refractivity contribution < 1.29 is 9.90 Å². The van der Waals surface area contributed by atoms with Crippen LogP contribution in [-0.2, 0) is 4.79 Å². The van der Waals surface area contributed by atoms with Crippen LogP contribution in [0.25, 0.3) is 0 Å². The van der Waals surface area contributed by atoms with Crippen molar-refractivity contribution in [2.24, 2.45) is 5.92 Å². The first kappa shape index (κ1) is 11.7. The first-order valence-electron chi connectivity index (χ1n) is 3.56. The first-order valence-corrected chi connectivity index (χ1v) is 4.00. The van der Waals surface area contributed by atoms with E-state index in [1.165, 1.54) is 0 Å². The molecule has 1 fully saturated rings. The molecule has 2 nitrogen and oxygen atoms in total. The van der Waals surface area contributed by atoms with E-state index in [1.54, 1.807) is 0 Å². The van der Waals surface area contributed by atoms with Crippen LogP contribution in [0.2, 0.25) is 0 Å². The van der Waals surface area contributed by atoms with E-state index in [0.29, 0.717) is 6.42 Å². The summed E-state index contributed by atoms with van der Waals surface area (Å²) in [7, 11) is 0. The number of carbonyl (C=O) groups excluding carboxylic acids is 1. The normalized spacial score (nSPS) is 30.6. The quantitative estimate of drug-likeness (QED) is 0.490. The molecule has 0 aromatic heterocycles. The van der Waals surface area contributed by atoms with E-state index in [9.17, 15) is 9.90 Å². The number of carbonyl (C=O) groups is 1. The number of aliphatic carboxylic acids is 1. The Balaban J connectivity index is 0.000001000. The van der Waals surface area contributed by atoms with Gasteiger partial charge < -0.3 is 9.90 Å². The topological polar surface area (TPSA) is 40.1 Å². The number of halogens is 1. The van der Waals surface area contributed by atoms with Gasteiger partial charge in [0.15, 0.2) is 0 Å². The molecular weight excluding hydrogens is 356 g/mol. The van der Waals surface area contributed by atoms with Crippen LogP contribution < -0.4 is 5.11 Å². The van der Waals surface area contributed by atoms with Gasteiger partial charge >= 0.3 is 27.3 Å². The Morgan fingerprint density at radius 3 is 2.27 bits per heavy atom. The summed E-state index contributed by atoms with van der Waals surface area (Å²) in [6.45, 7) is 0. The maximum atomic E-state index is 10.4. The minimum atomic E-state index is -0.986. The molecule has 11 heavy (non-hydrogen) atoms. The minimum absolute atomic E-state index is 0. The molecule has 2 atom stereocenters. The molecule has 0 aromatic rings. The van der Waals surface area contributed by atoms with Gasteiger partial charge in [-0.2, -0.15) is 0 Å². The average Bonchev–Trinajstić information content (AvgIpc) is 1.88. The SMILES string of the molecule is O=C([O-])C1CCCCC1Cl.[Tl+]. The molecule has 0 aliphatic heterocycles. The third-order valence-corrected chi connectivity index (χ3v) is 2.51. The van der Waals surface area contributed by atoms with Crippen molar-refractivity contribution in [2.45, 2.75) is 31.1 Å². The Labute approximate surface area is 91.5 Å². The van der Waals surface area contributed by atoms with Crippen LogP contribution in [0, 0.1) is 5.92 Å². The van der Waals surface area contributed by atoms with E-state index in [0.717, 1.165) is 19.3 Å². The predicted octanol–water partition coefficient (Wildman–Crippen LogP) is 0.153. The zero-order chi connectivity index (χ0) is 7.56. The van der Waals surface area contributed by atoms with Crippen LogP contribution in [0.4, 0.5) is 0 Å². The molecule has 0 radical (unpaired) electrons. The molecule has 0 heterocycles. The van der Waals surface area contributed by atoms with Gasteiger partial charge in [-0.15, -0.1) is 11.6 Å². The number of alkyl halides is 1. The van der Waals surface area contributed by atoms with E-state index >= 15 is 0 Å². The summed E-state index contributed by atoms with van der Waals surface area (Å²) in [6.07, 6.45) is 3.54. The fraction of sp³-hybridized carbons (Fsp3) is 0.857. The number of carboxylic acid groups (broad SMARTS) is 1. The molecule has 1 saturated carbocycles. The average molecular weight is 366 g/mol. The summed E-state index contributed by atoms with van der Waals surface area (Å²) in [5.74, 6) is -1.39.